The third kappa shape index (κ3) is 4.00. The highest BCUT2D eigenvalue weighted by Crippen LogP contribution is 2.25. The van der Waals surface area contributed by atoms with Crippen molar-refractivity contribution in [2.75, 3.05) is 25.5 Å². The van der Waals surface area contributed by atoms with Gasteiger partial charge in [0.15, 0.2) is 0 Å². The van der Waals surface area contributed by atoms with E-state index in [1.54, 1.807) is 0 Å². The quantitative estimate of drug-likeness (QED) is 0.816. The zero-order chi connectivity index (χ0) is 13.5. The van der Waals surface area contributed by atoms with Crippen molar-refractivity contribution in [3.05, 3.63) is 24.0 Å². The Bertz CT molecular complexity index is 410. The van der Waals surface area contributed by atoms with E-state index in [0.29, 0.717) is 18.0 Å². The number of hydrogen-bond acceptors (Lipinski definition) is 3. The van der Waals surface area contributed by atoms with Gasteiger partial charge in [0.2, 0.25) is 5.91 Å². The molecule has 0 aromatic heterocycles. The monoisotopic (exact) mass is 254 g/mol. The summed E-state index contributed by atoms with van der Waals surface area (Å²) in [7, 11) is 1.44. The topological polar surface area (TPSA) is 50.4 Å². The maximum absolute atomic E-state index is 13.0. The lowest BCUT2D eigenvalue weighted by Gasteiger charge is -2.14. The fraction of sp³-hybridized carbons (Fsp3) is 0.462. The molecule has 2 N–H and O–H groups in total. The van der Waals surface area contributed by atoms with Crippen LogP contribution in [0.3, 0.4) is 0 Å². The molecule has 100 valence electrons. The molecule has 18 heavy (non-hydrogen) atoms. The van der Waals surface area contributed by atoms with E-state index in [4.69, 9.17) is 4.74 Å². The molecule has 1 atom stereocenters. The lowest BCUT2D eigenvalue weighted by molar-refractivity contribution is -0.119. The first kappa shape index (κ1) is 14.4. The smallest absolute Gasteiger partial charge is 0.228 e. The van der Waals surface area contributed by atoms with Crippen molar-refractivity contribution in [2.24, 2.45) is 5.92 Å². The molecular formula is C13H19FN2O2. The highest BCUT2D eigenvalue weighted by molar-refractivity contribution is 5.93. The molecule has 0 radical (unpaired) electrons. The molecule has 1 unspecified atom stereocenters. The van der Waals surface area contributed by atoms with Gasteiger partial charge in [0, 0.05) is 18.5 Å². The van der Waals surface area contributed by atoms with Crippen LogP contribution in [-0.4, -0.2) is 26.1 Å². The highest BCUT2D eigenvalue weighted by atomic mass is 19.1. The van der Waals surface area contributed by atoms with Crippen molar-refractivity contribution in [3.8, 4) is 5.75 Å². The lowest BCUT2D eigenvalue weighted by atomic mass is 10.1. The molecule has 0 heterocycles. The molecule has 1 rings (SSSR count). The first-order valence-corrected chi connectivity index (χ1v) is 5.93. The van der Waals surface area contributed by atoms with E-state index in [1.165, 1.54) is 25.3 Å². The number of rotatable bonds is 6. The largest absolute Gasteiger partial charge is 0.494 e. The first-order valence-electron chi connectivity index (χ1n) is 5.93. The van der Waals surface area contributed by atoms with Gasteiger partial charge in [-0.05, 0) is 18.7 Å². The Labute approximate surface area is 107 Å². The van der Waals surface area contributed by atoms with Gasteiger partial charge < -0.3 is 15.4 Å². The highest BCUT2D eigenvalue weighted by Gasteiger charge is 2.14. The second-order valence-corrected chi connectivity index (χ2v) is 4.04. The molecule has 0 bridgehead atoms. The Morgan fingerprint density at radius 2 is 2.22 bits per heavy atom. The van der Waals surface area contributed by atoms with Crippen LogP contribution in [-0.2, 0) is 4.79 Å². The maximum atomic E-state index is 13.0. The predicted octanol–water partition coefficient (Wildman–Crippen LogP) is 2.02. The number of methoxy groups -OCH3 is 1. The third-order valence-electron chi connectivity index (χ3n) is 2.57. The second-order valence-electron chi connectivity index (χ2n) is 4.04. The second kappa shape index (κ2) is 6.96. The van der Waals surface area contributed by atoms with Crippen molar-refractivity contribution in [1.29, 1.82) is 0 Å². The van der Waals surface area contributed by atoms with Crippen LogP contribution in [0.4, 0.5) is 10.1 Å². The van der Waals surface area contributed by atoms with Crippen molar-refractivity contribution >= 4 is 11.6 Å². The van der Waals surface area contributed by atoms with Gasteiger partial charge >= 0.3 is 0 Å². The zero-order valence-corrected chi connectivity index (χ0v) is 10.9. The summed E-state index contributed by atoms with van der Waals surface area (Å²) in [5.41, 5.74) is 0.479. The third-order valence-corrected chi connectivity index (χ3v) is 2.57. The minimum absolute atomic E-state index is 0.124. The van der Waals surface area contributed by atoms with E-state index >= 15 is 0 Å². The molecule has 0 fully saturated rings. The number of carbonyl (C=O) groups excluding carboxylic acids is 1. The number of nitrogens with one attached hydrogen (secondary N) is 2. The molecule has 0 spiro atoms. The molecule has 0 saturated heterocycles. The van der Waals surface area contributed by atoms with E-state index < -0.39 is 5.82 Å². The van der Waals surface area contributed by atoms with E-state index in [2.05, 4.69) is 10.6 Å². The molecule has 5 heteroatoms. The van der Waals surface area contributed by atoms with Gasteiger partial charge in [-0.15, -0.1) is 0 Å². The summed E-state index contributed by atoms with van der Waals surface area (Å²) in [5, 5.41) is 5.83. The molecule has 1 aromatic rings. The van der Waals surface area contributed by atoms with Crippen LogP contribution in [0, 0.1) is 11.7 Å². The van der Waals surface area contributed by atoms with Crippen LogP contribution >= 0.6 is 0 Å². The van der Waals surface area contributed by atoms with Crippen molar-refractivity contribution < 1.29 is 13.9 Å². The molecular weight excluding hydrogens is 235 g/mol. The van der Waals surface area contributed by atoms with Crippen LogP contribution in [0.25, 0.3) is 0 Å². The van der Waals surface area contributed by atoms with Gasteiger partial charge in [-0.1, -0.05) is 13.8 Å². The molecule has 0 aliphatic heterocycles. The molecule has 0 saturated carbocycles. The van der Waals surface area contributed by atoms with E-state index in [-0.39, 0.29) is 11.8 Å². The number of benzene rings is 1. The summed E-state index contributed by atoms with van der Waals surface area (Å²) in [4.78, 5) is 11.9. The summed E-state index contributed by atoms with van der Waals surface area (Å²) in [6.45, 7) is 5.23. The predicted molar refractivity (Wildman–Crippen MR) is 69.3 cm³/mol. The minimum atomic E-state index is -0.398. The average molecular weight is 254 g/mol. The van der Waals surface area contributed by atoms with E-state index in [9.17, 15) is 9.18 Å². The Hall–Kier alpha value is -1.62. The molecule has 0 aliphatic carbocycles. The summed E-state index contributed by atoms with van der Waals surface area (Å²) < 4.78 is 18.0. The normalized spacial score (nSPS) is 12.0. The molecule has 1 aromatic carbocycles. The fourth-order valence-corrected chi connectivity index (χ4v) is 1.48. The Morgan fingerprint density at radius 1 is 1.50 bits per heavy atom. The van der Waals surface area contributed by atoms with Gasteiger partial charge in [-0.25, -0.2) is 4.39 Å². The summed E-state index contributed by atoms with van der Waals surface area (Å²) in [6.07, 6.45) is 0. The lowest BCUT2D eigenvalue weighted by Crippen LogP contribution is -2.30. The summed E-state index contributed by atoms with van der Waals surface area (Å²) >= 11 is 0. The number of anilines is 1. The number of carbonyl (C=O) groups is 1. The standard InChI is InChI=1S/C13H19FN2O2/c1-4-15-8-9(2)13(17)16-11-6-5-10(14)7-12(11)18-3/h5-7,9,15H,4,8H2,1-3H3,(H,16,17). The van der Waals surface area contributed by atoms with Gasteiger partial charge in [0.05, 0.1) is 12.8 Å². The Morgan fingerprint density at radius 3 is 2.83 bits per heavy atom. The number of amides is 1. The maximum Gasteiger partial charge on any atom is 0.228 e. The SMILES string of the molecule is CCNCC(C)C(=O)Nc1ccc(F)cc1OC. The van der Waals surface area contributed by atoms with Crippen LogP contribution in [0.15, 0.2) is 18.2 Å². The average Bonchev–Trinajstić information content (AvgIpc) is 2.37. The summed E-state index contributed by atoms with van der Waals surface area (Å²) in [6, 6.07) is 4.02. The van der Waals surface area contributed by atoms with Gasteiger partial charge in [0.25, 0.3) is 0 Å². The van der Waals surface area contributed by atoms with Crippen molar-refractivity contribution in [3.63, 3.8) is 0 Å². The minimum Gasteiger partial charge on any atom is -0.494 e. The van der Waals surface area contributed by atoms with Crippen LogP contribution in [0.2, 0.25) is 0 Å². The summed E-state index contributed by atoms with van der Waals surface area (Å²) in [5.74, 6) is -0.370. The molecule has 1 amide bonds. The fourth-order valence-electron chi connectivity index (χ4n) is 1.48. The molecule has 4 nitrogen and oxygen atoms in total. The van der Waals surface area contributed by atoms with Crippen molar-refractivity contribution in [1.82, 2.24) is 5.32 Å². The zero-order valence-electron chi connectivity index (χ0n) is 10.9. The van der Waals surface area contributed by atoms with Crippen molar-refractivity contribution in [2.45, 2.75) is 13.8 Å². The number of ether oxygens (including phenoxy) is 1. The van der Waals surface area contributed by atoms with E-state index in [1.807, 2.05) is 13.8 Å². The van der Waals surface area contributed by atoms with Crippen LogP contribution in [0.5, 0.6) is 5.75 Å². The van der Waals surface area contributed by atoms with E-state index in [0.717, 1.165) is 6.54 Å². The van der Waals surface area contributed by atoms with Gasteiger partial charge in [-0.2, -0.15) is 0 Å². The first-order chi connectivity index (χ1) is 8.58. The Kier molecular flexibility index (Phi) is 5.58. The Balaban J connectivity index is 2.69. The van der Waals surface area contributed by atoms with Crippen LogP contribution < -0.4 is 15.4 Å². The van der Waals surface area contributed by atoms with Crippen LogP contribution in [0.1, 0.15) is 13.8 Å². The number of hydrogen-bond donors (Lipinski definition) is 2. The van der Waals surface area contributed by atoms with Gasteiger partial charge in [0.1, 0.15) is 11.6 Å². The van der Waals surface area contributed by atoms with Gasteiger partial charge in [-0.3, -0.25) is 4.79 Å². The number of halogens is 1. The molecule has 0 aliphatic rings.